The zero-order valence-corrected chi connectivity index (χ0v) is 13.7. The molecule has 2 aromatic rings. The molecule has 1 aromatic carbocycles. The number of ether oxygens (including phenoxy) is 1. The summed E-state index contributed by atoms with van der Waals surface area (Å²) in [5.41, 5.74) is 3.11. The number of anilines is 1. The Bertz CT molecular complexity index is 586. The van der Waals surface area contributed by atoms with Crippen molar-refractivity contribution < 1.29 is 4.74 Å². The van der Waals surface area contributed by atoms with Gasteiger partial charge in [-0.2, -0.15) is 0 Å². The topological polar surface area (TPSA) is 25.4 Å². The molecule has 0 unspecified atom stereocenters. The van der Waals surface area contributed by atoms with Crippen molar-refractivity contribution in [2.24, 2.45) is 5.92 Å². The van der Waals surface area contributed by atoms with E-state index in [0.29, 0.717) is 18.4 Å². The first-order valence-corrected chi connectivity index (χ1v) is 7.87. The maximum atomic E-state index is 6.01. The van der Waals surface area contributed by atoms with Gasteiger partial charge in [0.25, 0.3) is 0 Å². The molecule has 0 aliphatic carbocycles. The zero-order valence-electron chi connectivity index (χ0n) is 13.0. The number of aromatic nitrogens is 1. The van der Waals surface area contributed by atoms with E-state index in [1.807, 2.05) is 12.1 Å². The molecule has 0 saturated carbocycles. The summed E-state index contributed by atoms with van der Waals surface area (Å²) in [5, 5.41) is 1.17. The van der Waals surface area contributed by atoms with E-state index in [2.05, 4.69) is 41.9 Å². The Balaban J connectivity index is 2.48. The summed E-state index contributed by atoms with van der Waals surface area (Å²) in [4.78, 5) is 6.98. The number of para-hydroxylation sites is 1. The number of benzene rings is 1. The van der Waals surface area contributed by atoms with Gasteiger partial charge in [0.05, 0.1) is 23.7 Å². The minimum atomic E-state index is 0.428. The molecule has 114 valence electrons. The summed E-state index contributed by atoms with van der Waals surface area (Å²) in [6, 6.07) is 10.3. The van der Waals surface area contributed by atoms with Gasteiger partial charge >= 0.3 is 0 Å². The molecule has 0 bridgehead atoms. The molecular weight excluding hydrogens is 284 g/mol. The van der Waals surface area contributed by atoms with Crippen LogP contribution in [0, 0.1) is 5.92 Å². The summed E-state index contributed by atoms with van der Waals surface area (Å²) in [6.45, 7) is 7.01. The summed E-state index contributed by atoms with van der Waals surface area (Å²) in [7, 11) is 1.74. The smallest absolute Gasteiger partial charge is 0.0726 e. The fraction of sp³-hybridized carbons (Fsp3) is 0.471. The van der Waals surface area contributed by atoms with Gasteiger partial charge in [-0.05, 0) is 18.1 Å². The fourth-order valence-corrected chi connectivity index (χ4v) is 2.63. The highest BCUT2D eigenvalue weighted by Gasteiger charge is 2.13. The fourth-order valence-electron chi connectivity index (χ4n) is 2.49. The number of alkyl halides is 1. The van der Waals surface area contributed by atoms with E-state index in [0.717, 1.165) is 24.3 Å². The van der Waals surface area contributed by atoms with Crippen LogP contribution in [0.15, 0.2) is 30.3 Å². The van der Waals surface area contributed by atoms with E-state index in [4.69, 9.17) is 16.3 Å². The Morgan fingerprint density at radius 3 is 2.71 bits per heavy atom. The van der Waals surface area contributed by atoms with E-state index in [1.54, 1.807) is 7.11 Å². The van der Waals surface area contributed by atoms with E-state index < -0.39 is 0 Å². The predicted octanol–water partition coefficient (Wildman–Crippen LogP) is 4.08. The highest BCUT2D eigenvalue weighted by Crippen LogP contribution is 2.28. The average molecular weight is 307 g/mol. The van der Waals surface area contributed by atoms with Crippen LogP contribution in [-0.2, 0) is 10.6 Å². The lowest BCUT2D eigenvalue weighted by Crippen LogP contribution is -2.31. The van der Waals surface area contributed by atoms with Crippen LogP contribution in [-0.4, -0.2) is 31.8 Å². The van der Waals surface area contributed by atoms with E-state index in [9.17, 15) is 0 Å². The van der Waals surface area contributed by atoms with Gasteiger partial charge in [0.2, 0.25) is 0 Å². The first kappa shape index (κ1) is 16.1. The quantitative estimate of drug-likeness (QED) is 0.721. The van der Waals surface area contributed by atoms with E-state index >= 15 is 0 Å². The van der Waals surface area contributed by atoms with Gasteiger partial charge < -0.3 is 9.64 Å². The van der Waals surface area contributed by atoms with Crippen molar-refractivity contribution in [3.05, 3.63) is 36.0 Å². The standard InChI is InChI=1S/C17H23ClN2O/c1-13(2)12-20(8-9-21-3)17-10-14(11-18)19-16-7-5-4-6-15(16)17/h4-7,10,13H,8-9,11-12H2,1-3H3. The van der Waals surface area contributed by atoms with E-state index in [1.165, 1.54) is 11.1 Å². The molecule has 4 heteroatoms. The second-order valence-electron chi connectivity index (χ2n) is 5.62. The van der Waals surface area contributed by atoms with Gasteiger partial charge in [0.1, 0.15) is 0 Å². The molecular formula is C17H23ClN2O. The first-order valence-electron chi connectivity index (χ1n) is 7.34. The minimum Gasteiger partial charge on any atom is -0.383 e. The predicted molar refractivity (Wildman–Crippen MR) is 90.2 cm³/mol. The van der Waals surface area contributed by atoms with Crippen LogP contribution < -0.4 is 4.90 Å². The van der Waals surface area contributed by atoms with Crippen LogP contribution in [0.1, 0.15) is 19.5 Å². The van der Waals surface area contributed by atoms with Gasteiger partial charge in [-0.25, -0.2) is 0 Å². The number of halogens is 1. The van der Waals surface area contributed by atoms with Crippen molar-refractivity contribution in [2.75, 3.05) is 31.7 Å². The van der Waals surface area contributed by atoms with Crippen molar-refractivity contribution in [3.63, 3.8) is 0 Å². The molecule has 0 atom stereocenters. The number of rotatable bonds is 7. The van der Waals surface area contributed by atoms with E-state index in [-0.39, 0.29) is 0 Å². The van der Waals surface area contributed by atoms with Gasteiger partial charge in [0.15, 0.2) is 0 Å². The van der Waals surface area contributed by atoms with Crippen molar-refractivity contribution in [1.82, 2.24) is 4.98 Å². The van der Waals surface area contributed by atoms with Gasteiger partial charge in [-0.3, -0.25) is 4.98 Å². The molecule has 0 amide bonds. The van der Waals surface area contributed by atoms with Gasteiger partial charge in [0, 0.05) is 31.3 Å². The molecule has 1 aromatic heterocycles. The lowest BCUT2D eigenvalue weighted by molar-refractivity contribution is 0.204. The molecule has 3 nitrogen and oxygen atoms in total. The molecule has 0 fully saturated rings. The van der Waals surface area contributed by atoms with Gasteiger partial charge in [-0.1, -0.05) is 32.0 Å². The highest BCUT2D eigenvalue weighted by molar-refractivity contribution is 6.17. The molecule has 0 radical (unpaired) electrons. The summed E-state index contributed by atoms with van der Waals surface area (Å²) >= 11 is 6.01. The van der Waals surface area contributed by atoms with Crippen molar-refractivity contribution >= 4 is 28.2 Å². The molecule has 0 spiro atoms. The number of nitrogens with zero attached hydrogens (tertiary/aromatic N) is 2. The number of hydrogen-bond acceptors (Lipinski definition) is 3. The molecule has 2 rings (SSSR count). The normalized spacial score (nSPS) is 11.3. The Hall–Kier alpha value is -1.32. The summed E-state index contributed by atoms with van der Waals surface area (Å²) in [5.74, 6) is 1.01. The van der Waals surface area contributed by atoms with Gasteiger partial charge in [-0.15, -0.1) is 11.6 Å². The van der Waals surface area contributed by atoms with Crippen LogP contribution >= 0.6 is 11.6 Å². The molecule has 0 aliphatic rings. The summed E-state index contributed by atoms with van der Waals surface area (Å²) < 4.78 is 5.26. The number of methoxy groups -OCH3 is 1. The third-order valence-electron chi connectivity index (χ3n) is 3.38. The number of fused-ring (bicyclic) bond motifs is 1. The second-order valence-corrected chi connectivity index (χ2v) is 5.88. The molecule has 0 aliphatic heterocycles. The number of pyridine rings is 1. The SMILES string of the molecule is COCCN(CC(C)C)c1cc(CCl)nc2ccccc12. The Morgan fingerprint density at radius 1 is 1.29 bits per heavy atom. The monoisotopic (exact) mass is 306 g/mol. The number of hydrogen-bond donors (Lipinski definition) is 0. The highest BCUT2D eigenvalue weighted by atomic mass is 35.5. The zero-order chi connectivity index (χ0) is 15.2. The van der Waals surface area contributed by atoms with Crippen LogP contribution in [0.25, 0.3) is 10.9 Å². The van der Waals surface area contributed by atoms with Crippen molar-refractivity contribution in [2.45, 2.75) is 19.7 Å². The van der Waals surface area contributed by atoms with Crippen molar-refractivity contribution in [3.8, 4) is 0 Å². The molecule has 21 heavy (non-hydrogen) atoms. The average Bonchev–Trinajstić information content (AvgIpc) is 2.50. The largest absolute Gasteiger partial charge is 0.383 e. The second kappa shape index (κ2) is 7.62. The van der Waals surface area contributed by atoms with Crippen LogP contribution in [0.2, 0.25) is 0 Å². The van der Waals surface area contributed by atoms with Crippen molar-refractivity contribution in [1.29, 1.82) is 0 Å². The maximum absolute atomic E-state index is 6.01. The van der Waals surface area contributed by atoms with Crippen LogP contribution in [0.3, 0.4) is 0 Å². The lowest BCUT2D eigenvalue weighted by Gasteiger charge is -2.28. The third kappa shape index (κ3) is 4.08. The molecule has 0 saturated heterocycles. The third-order valence-corrected chi connectivity index (χ3v) is 3.65. The van der Waals surface area contributed by atoms with Crippen LogP contribution in [0.5, 0.6) is 0 Å². The first-order chi connectivity index (χ1) is 10.2. The Morgan fingerprint density at radius 2 is 2.05 bits per heavy atom. The van der Waals surface area contributed by atoms with Crippen LogP contribution in [0.4, 0.5) is 5.69 Å². The lowest BCUT2D eigenvalue weighted by atomic mass is 10.1. The Kier molecular flexibility index (Phi) is 5.83. The molecule has 0 N–H and O–H groups in total. The minimum absolute atomic E-state index is 0.428. The summed E-state index contributed by atoms with van der Waals surface area (Å²) in [6.07, 6.45) is 0. The Labute approximate surface area is 131 Å². The molecule has 1 heterocycles. The maximum Gasteiger partial charge on any atom is 0.0726 e.